The van der Waals surface area contributed by atoms with E-state index in [0.29, 0.717) is 53.2 Å². The Morgan fingerprint density at radius 2 is 1.04 bits per heavy atom. The van der Waals surface area contributed by atoms with Crippen LogP contribution in [0, 0.1) is 30.1 Å². The Hall–Kier alpha value is -7.13. The highest BCUT2D eigenvalue weighted by Crippen LogP contribution is 2.39. The summed E-state index contributed by atoms with van der Waals surface area (Å²) in [5, 5.41) is 33.2. The lowest BCUT2D eigenvalue weighted by Gasteiger charge is -2.30. The van der Waals surface area contributed by atoms with Crippen LogP contribution in [0.4, 0.5) is 17.2 Å². The third-order valence-corrected chi connectivity index (χ3v) is 18.9. The Balaban J connectivity index is 0.000000121. The summed E-state index contributed by atoms with van der Waals surface area (Å²) in [5.74, 6) is 1.70. The minimum atomic E-state index is -0.731. The van der Waals surface area contributed by atoms with E-state index in [1.54, 1.807) is 23.3 Å². The van der Waals surface area contributed by atoms with Crippen molar-refractivity contribution in [3.63, 3.8) is 0 Å². The summed E-state index contributed by atoms with van der Waals surface area (Å²) in [4.78, 5) is 55.0. The second-order valence-electron chi connectivity index (χ2n) is 25.1. The van der Waals surface area contributed by atoms with Gasteiger partial charge in [0.05, 0.1) is 93.6 Å². The maximum Gasteiger partial charge on any atom is 0.183 e. The molecule has 0 aromatic carbocycles. The van der Waals surface area contributed by atoms with Crippen molar-refractivity contribution in [3.05, 3.63) is 114 Å². The normalized spacial score (nSPS) is 19.0. The zero-order valence-corrected chi connectivity index (χ0v) is 57.5. The number of aryl methyl sites for hydroxylation is 2. The maximum absolute atomic E-state index is 9.58. The topological polar surface area (TPSA) is 302 Å². The Morgan fingerprint density at radius 1 is 0.565 bits per heavy atom. The molecule has 0 amide bonds. The summed E-state index contributed by atoms with van der Waals surface area (Å²) in [5.41, 5.74) is 17.1. The molecule has 0 saturated carbocycles. The average Bonchev–Trinajstić information content (AvgIpc) is 1.61. The number of anilines is 3. The molecule has 3 unspecified atom stereocenters. The summed E-state index contributed by atoms with van der Waals surface area (Å²) in [7, 11) is 0. The molecular formula is C64H73ClI2N22O3. The van der Waals surface area contributed by atoms with Crippen molar-refractivity contribution in [2.75, 3.05) is 49.3 Å². The van der Waals surface area contributed by atoms with Crippen LogP contribution in [-0.4, -0.2) is 124 Å². The van der Waals surface area contributed by atoms with Gasteiger partial charge in [-0.05, 0) is 181 Å². The number of nitrogens with zero attached hydrogens (tertiary/aromatic N) is 21. The molecule has 0 spiro atoms. The fourth-order valence-corrected chi connectivity index (χ4v) is 13.0. The second kappa shape index (κ2) is 27.8. The van der Waals surface area contributed by atoms with E-state index in [1.807, 2.05) is 67.8 Å². The van der Waals surface area contributed by atoms with Crippen molar-refractivity contribution < 1.29 is 14.2 Å². The summed E-state index contributed by atoms with van der Waals surface area (Å²) in [6, 6.07) is 12.7. The van der Waals surface area contributed by atoms with Crippen molar-refractivity contribution in [2.45, 2.75) is 166 Å². The first-order valence-electron chi connectivity index (χ1n) is 31.4. The number of amidine groups is 1. The number of aromatic nitrogens is 16. The fraction of sp³-hybridized carbons (Fsp3) is 0.500. The molecule has 478 valence electrons. The third kappa shape index (κ3) is 13.5. The van der Waals surface area contributed by atoms with Crippen molar-refractivity contribution in [1.82, 2.24) is 79.2 Å². The largest absolute Gasteiger partial charge is 0.356 e. The van der Waals surface area contributed by atoms with Gasteiger partial charge in [-0.1, -0.05) is 25.4 Å². The van der Waals surface area contributed by atoms with Gasteiger partial charge >= 0.3 is 0 Å². The van der Waals surface area contributed by atoms with Crippen LogP contribution in [0.5, 0.6) is 0 Å². The first-order chi connectivity index (χ1) is 44.5. The third-order valence-electron chi connectivity index (χ3n) is 17.3. The molecule has 3 fully saturated rings. The molecule has 9 aromatic heterocycles. The molecule has 15 rings (SSSR count). The van der Waals surface area contributed by atoms with Crippen molar-refractivity contribution >= 4 is 113 Å². The first kappa shape index (κ1) is 65.0. The Bertz CT molecular complexity index is 4270. The van der Waals surface area contributed by atoms with E-state index in [-0.39, 0.29) is 24.1 Å². The van der Waals surface area contributed by atoms with Crippen molar-refractivity contribution in [2.24, 2.45) is 10.7 Å². The fourth-order valence-electron chi connectivity index (χ4n) is 11.7. The van der Waals surface area contributed by atoms with E-state index in [9.17, 15) is 10.5 Å². The van der Waals surface area contributed by atoms with Crippen LogP contribution < -0.4 is 15.5 Å². The number of hydrogen-bond donors (Lipinski definition) is 1. The summed E-state index contributed by atoms with van der Waals surface area (Å²) in [6.45, 7) is 16.7. The van der Waals surface area contributed by atoms with E-state index in [2.05, 4.69) is 133 Å². The van der Waals surface area contributed by atoms with Crippen LogP contribution in [0.15, 0.2) is 66.4 Å². The molecule has 3 saturated heterocycles. The van der Waals surface area contributed by atoms with Crippen LogP contribution in [0.2, 0.25) is 5.15 Å². The summed E-state index contributed by atoms with van der Waals surface area (Å²) < 4.78 is 24.7. The van der Waals surface area contributed by atoms with Gasteiger partial charge in [-0.25, -0.2) is 48.9 Å². The maximum atomic E-state index is 9.58. The zero-order chi connectivity index (χ0) is 64.3. The molecule has 3 atom stereocenters. The lowest BCUT2D eigenvalue weighted by Crippen LogP contribution is -2.36. The van der Waals surface area contributed by atoms with Gasteiger partial charge in [-0.3, -0.25) is 19.9 Å². The molecule has 92 heavy (non-hydrogen) atoms. The summed E-state index contributed by atoms with van der Waals surface area (Å²) in [6.07, 6.45) is 23.6. The Labute approximate surface area is 565 Å². The van der Waals surface area contributed by atoms with E-state index in [4.69, 9.17) is 61.6 Å². The SMILES string of the molecule is CC(C)(C#N)c1cnc2c(I)nn(C3CCCCO3)c2n1.CC(C)(C#N)c1cnc2c(N3CCCc4ncccc43)nn(C3CCCCO3)c2n1.CC(C)(CN)c1cnc2c(n1)CN=C2N1CCCc2ncccc21.Clc1cnc2c(I)nn(C3CCCCO3)c2n1. The lowest BCUT2D eigenvalue weighted by molar-refractivity contribution is -0.0373. The van der Waals surface area contributed by atoms with E-state index in [0.717, 1.165) is 185 Å². The highest BCUT2D eigenvalue weighted by atomic mass is 127. The predicted molar refractivity (Wildman–Crippen MR) is 364 cm³/mol. The van der Waals surface area contributed by atoms with Crippen LogP contribution in [0.3, 0.4) is 0 Å². The summed E-state index contributed by atoms with van der Waals surface area (Å²) >= 11 is 10.2. The van der Waals surface area contributed by atoms with Gasteiger partial charge < -0.3 is 29.7 Å². The molecule has 25 nitrogen and oxygen atoms in total. The standard InChI is InChI=1S/C22H25N7O.C18H22N6.C14H16IN5O.C10H10ClIN4O/c1-22(2,14-23)17-13-25-19-20(26-17)29(18-9-3-4-12-30-18)27-21(19)28-11-6-7-15-16(28)8-5-10-24-15;1-18(2,11-19)15-10-21-16-13(23-15)9-22-17(16)24-8-4-5-12-14(24)6-3-7-20-12;1-14(2,8-16)9-7-17-11-12(15)19-20(13(11)18-9)10-5-3-4-6-21-10;11-6-5-13-8-9(12)15-16(10(8)14-6)7-3-1-2-4-17-7/h5,8,10,13,18H,3-4,6-7,9,11-12H2,1-2H3;3,6-7,10H,4-5,8-9,11,19H2,1-2H3;7,10H,3-6H2,1-2H3;5,7H,1-4H2. The minimum absolute atomic E-state index is 0.0393. The Morgan fingerprint density at radius 3 is 1.57 bits per heavy atom. The number of nitrogens with two attached hydrogens (primary N) is 1. The van der Waals surface area contributed by atoms with Gasteiger partial charge in [0, 0.05) is 63.5 Å². The van der Waals surface area contributed by atoms with Crippen LogP contribution in [-0.2, 0) is 49.8 Å². The number of ether oxygens (including phenoxy) is 3. The monoisotopic (exact) mass is 1490 g/mol. The van der Waals surface area contributed by atoms with Gasteiger partial charge in [0.1, 0.15) is 21.9 Å². The van der Waals surface area contributed by atoms with Gasteiger partial charge in [0.2, 0.25) is 0 Å². The minimum Gasteiger partial charge on any atom is -0.356 e. The average molecular weight is 1490 g/mol. The number of fused-ring (bicyclic) bond motifs is 6. The van der Waals surface area contributed by atoms with Gasteiger partial charge in [-0.15, -0.1) is 5.10 Å². The molecule has 9 aromatic rings. The molecule has 6 aliphatic heterocycles. The molecule has 0 bridgehead atoms. The zero-order valence-electron chi connectivity index (χ0n) is 52.5. The highest BCUT2D eigenvalue weighted by Gasteiger charge is 2.34. The number of rotatable bonds is 8. The van der Waals surface area contributed by atoms with Crippen LogP contribution in [0.25, 0.3) is 33.5 Å². The smallest absolute Gasteiger partial charge is 0.183 e. The van der Waals surface area contributed by atoms with Crippen LogP contribution in [0.1, 0.15) is 171 Å². The van der Waals surface area contributed by atoms with Gasteiger partial charge in [0.25, 0.3) is 0 Å². The molecular weight excluding hydrogens is 1410 g/mol. The van der Waals surface area contributed by atoms with Gasteiger partial charge in [0.15, 0.2) is 60.2 Å². The van der Waals surface area contributed by atoms with E-state index in [1.165, 1.54) is 0 Å². The second-order valence-corrected chi connectivity index (χ2v) is 27.6. The molecule has 15 heterocycles. The van der Waals surface area contributed by atoms with E-state index < -0.39 is 10.8 Å². The number of halogens is 3. The highest BCUT2D eigenvalue weighted by molar-refractivity contribution is 14.1. The van der Waals surface area contributed by atoms with Crippen LogP contribution >= 0.6 is 56.8 Å². The lowest BCUT2D eigenvalue weighted by atomic mass is 9.90. The molecule has 0 aliphatic carbocycles. The first-order valence-corrected chi connectivity index (χ1v) is 33.9. The number of aliphatic imine (C=N–C) groups is 1. The van der Waals surface area contributed by atoms with Crippen molar-refractivity contribution in [1.29, 1.82) is 10.5 Å². The van der Waals surface area contributed by atoms with Crippen molar-refractivity contribution in [3.8, 4) is 12.1 Å². The quantitative estimate of drug-likeness (QED) is 0.138. The van der Waals surface area contributed by atoms with E-state index >= 15 is 0 Å². The number of nitriles is 2. The van der Waals surface area contributed by atoms with Gasteiger partial charge in [-0.2, -0.15) is 20.7 Å². The number of hydrogen-bond acceptors (Lipinski definition) is 22. The Kier molecular flexibility index (Phi) is 19.6. The molecule has 28 heteroatoms. The molecule has 6 aliphatic rings. The molecule has 0 radical (unpaired) electrons. The molecule has 2 N–H and O–H groups in total. The predicted octanol–water partition coefficient (Wildman–Crippen LogP) is 11.3. The number of pyridine rings is 2.